The molecule has 0 heterocycles. The van der Waals surface area contributed by atoms with Gasteiger partial charge in [-0.25, -0.2) is 0 Å². The van der Waals surface area contributed by atoms with E-state index in [2.05, 4.69) is 19.2 Å². The lowest BCUT2D eigenvalue weighted by Crippen LogP contribution is -2.13. The van der Waals surface area contributed by atoms with Crippen LogP contribution in [0, 0.1) is 0 Å². The Morgan fingerprint density at radius 2 is 1.28 bits per heavy atom. The highest BCUT2D eigenvalue weighted by molar-refractivity contribution is 6.04. The zero-order valence-electron chi connectivity index (χ0n) is 15.4. The first-order valence-electron chi connectivity index (χ1n) is 8.86. The molecule has 0 bridgehead atoms. The molecule has 0 saturated heterocycles. The Morgan fingerprint density at radius 1 is 0.840 bits per heavy atom. The molecule has 134 valence electrons. The van der Waals surface area contributed by atoms with Crippen molar-refractivity contribution in [2.75, 3.05) is 5.32 Å². The summed E-state index contributed by atoms with van der Waals surface area (Å²) in [6.07, 6.45) is 2.24. The van der Waals surface area contributed by atoms with Crippen LogP contribution in [0.3, 0.4) is 0 Å². The highest BCUT2D eigenvalue weighted by Gasteiger charge is 2.08. The molecule has 0 radical (unpaired) electrons. The number of ether oxygens (including phenoxy) is 2. The number of amides is 1. The molecule has 1 N–H and O–H groups in total. The molecule has 4 nitrogen and oxygen atoms in total. The second kappa shape index (κ2) is 9.11. The Morgan fingerprint density at radius 3 is 1.72 bits per heavy atom. The fourth-order valence-corrected chi connectivity index (χ4v) is 2.14. The third-order valence-electron chi connectivity index (χ3n) is 4.05. The van der Waals surface area contributed by atoms with E-state index in [4.69, 9.17) is 9.47 Å². The first-order valence-corrected chi connectivity index (χ1v) is 8.86. The third-order valence-corrected chi connectivity index (χ3v) is 4.05. The van der Waals surface area contributed by atoms with Gasteiger partial charge in [0, 0.05) is 11.3 Å². The fourth-order valence-electron chi connectivity index (χ4n) is 2.14. The van der Waals surface area contributed by atoms with Crippen molar-refractivity contribution < 1.29 is 14.3 Å². The molecule has 2 unspecified atom stereocenters. The molecule has 0 saturated carbocycles. The number of rotatable bonds is 8. The normalized spacial score (nSPS) is 13.0. The second-order valence-corrected chi connectivity index (χ2v) is 6.18. The Bertz CT molecular complexity index is 665. The lowest BCUT2D eigenvalue weighted by atomic mass is 10.2. The lowest BCUT2D eigenvalue weighted by Gasteiger charge is -2.13. The van der Waals surface area contributed by atoms with Crippen molar-refractivity contribution in [2.45, 2.75) is 52.7 Å². The van der Waals surface area contributed by atoms with Crippen LogP contribution in [0.25, 0.3) is 0 Å². The predicted octanol–water partition coefficient (Wildman–Crippen LogP) is 5.29. The monoisotopic (exact) mass is 341 g/mol. The number of nitrogens with one attached hydrogen (secondary N) is 1. The minimum absolute atomic E-state index is 0.148. The van der Waals surface area contributed by atoms with Gasteiger partial charge >= 0.3 is 0 Å². The maximum absolute atomic E-state index is 12.3. The Balaban J connectivity index is 1.95. The van der Waals surface area contributed by atoms with E-state index in [0.717, 1.165) is 30.0 Å². The van der Waals surface area contributed by atoms with Crippen molar-refractivity contribution in [2.24, 2.45) is 0 Å². The molecule has 1 amide bonds. The molecule has 2 aromatic carbocycles. The van der Waals surface area contributed by atoms with Crippen LogP contribution < -0.4 is 14.8 Å². The van der Waals surface area contributed by atoms with Crippen LogP contribution in [0.15, 0.2) is 48.5 Å². The minimum atomic E-state index is -0.148. The van der Waals surface area contributed by atoms with Crippen LogP contribution >= 0.6 is 0 Å². The number of carbonyl (C=O) groups excluding carboxylic acids is 1. The van der Waals surface area contributed by atoms with Gasteiger partial charge in [-0.3, -0.25) is 4.79 Å². The van der Waals surface area contributed by atoms with Gasteiger partial charge in [0.1, 0.15) is 11.5 Å². The van der Waals surface area contributed by atoms with Gasteiger partial charge in [0.05, 0.1) is 12.2 Å². The number of carbonyl (C=O) groups is 1. The first kappa shape index (κ1) is 18.8. The summed E-state index contributed by atoms with van der Waals surface area (Å²) in [6, 6.07) is 14.6. The molecule has 4 heteroatoms. The molecule has 0 aliphatic heterocycles. The average Bonchev–Trinajstić information content (AvgIpc) is 2.63. The SMILES string of the molecule is CCC(C)Oc1ccc(NC(=O)c2ccc(OC(C)CC)cc2)cc1. The van der Waals surface area contributed by atoms with Gasteiger partial charge in [0.15, 0.2) is 0 Å². The van der Waals surface area contributed by atoms with Gasteiger partial charge in [-0.15, -0.1) is 0 Å². The summed E-state index contributed by atoms with van der Waals surface area (Å²) >= 11 is 0. The number of hydrogen-bond acceptors (Lipinski definition) is 3. The maximum atomic E-state index is 12.3. The van der Waals surface area contributed by atoms with Gasteiger partial charge in [0.2, 0.25) is 0 Å². The van der Waals surface area contributed by atoms with E-state index in [-0.39, 0.29) is 18.1 Å². The van der Waals surface area contributed by atoms with Crippen LogP contribution in [0.2, 0.25) is 0 Å². The largest absolute Gasteiger partial charge is 0.491 e. The van der Waals surface area contributed by atoms with Crippen molar-refractivity contribution in [3.8, 4) is 11.5 Å². The molecule has 0 aliphatic rings. The van der Waals surface area contributed by atoms with Gasteiger partial charge in [-0.2, -0.15) is 0 Å². The van der Waals surface area contributed by atoms with Crippen molar-refractivity contribution in [3.63, 3.8) is 0 Å². The molecular weight excluding hydrogens is 314 g/mol. The molecule has 2 rings (SSSR count). The van der Waals surface area contributed by atoms with Gasteiger partial charge in [-0.1, -0.05) is 13.8 Å². The van der Waals surface area contributed by atoms with Crippen LogP contribution in [-0.2, 0) is 0 Å². The first-order chi connectivity index (χ1) is 12.0. The van der Waals surface area contributed by atoms with Crippen molar-refractivity contribution in [1.82, 2.24) is 0 Å². The van der Waals surface area contributed by atoms with E-state index in [0.29, 0.717) is 5.56 Å². The van der Waals surface area contributed by atoms with Crippen LogP contribution in [0.5, 0.6) is 11.5 Å². The van der Waals surface area contributed by atoms with Crippen LogP contribution in [0.1, 0.15) is 50.9 Å². The summed E-state index contributed by atoms with van der Waals surface area (Å²) in [5.74, 6) is 1.43. The molecule has 25 heavy (non-hydrogen) atoms. The van der Waals surface area contributed by atoms with E-state index in [9.17, 15) is 4.79 Å². The topological polar surface area (TPSA) is 47.6 Å². The molecule has 0 aromatic heterocycles. The fraction of sp³-hybridized carbons (Fsp3) is 0.381. The quantitative estimate of drug-likeness (QED) is 0.709. The van der Waals surface area contributed by atoms with Crippen LogP contribution in [0.4, 0.5) is 5.69 Å². The molecule has 0 fully saturated rings. The van der Waals surface area contributed by atoms with Gasteiger partial charge in [0.25, 0.3) is 5.91 Å². The highest BCUT2D eigenvalue weighted by Crippen LogP contribution is 2.19. The van der Waals surface area contributed by atoms with E-state index < -0.39 is 0 Å². The lowest BCUT2D eigenvalue weighted by molar-refractivity contribution is 0.102. The van der Waals surface area contributed by atoms with E-state index in [1.54, 1.807) is 12.1 Å². The molecule has 2 aromatic rings. The summed E-state index contributed by atoms with van der Waals surface area (Å²) in [5, 5.41) is 2.89. The van der Waals surface area contributed by atoms with Crippen molar-refractivity contribution in [3.05, 3.63) is 54.1 Å². The molecular formula is C21H27NO3. The standard InChI is InChI=1S/C21H27NO3/c1-5-15(3)24-19-11-7-17(8-12-19)21(23)22-18-9-13-20(14-10-18)25-16(4)6-2/h7-16H,5-6H2,1-4H3,(H,22,23). The predicted molar refractivity (Wildman–Crippen MR) is 102 cm³/mol. The Hall–Kier alpha value is -2.49. The smallest absolute Gasteiger partial charge is 0.255 e. The Labute approximate surface area is 150 Å². The van der Waals surface area contributed by atoms with Crippen LogP contribution in [-0.4, -0.2) is 18.1 Å². The van der Waals surface area contributed by atoms with E-state index in [1.165, 1.54) is 0 Å². The van der Waals surface area contributed by atoms with Crippen molar-refractivity contribution >= 4 is 11.6 Å². The average molecular weight is 341 g/mol. The summed E-state index contributed by atoms with van der Waals surface area (Å²) < 4.78 is 11.5. The number of hydrogen-bond donors (Lipinski definition) is 1. The molecule has 0 aliphatic carbocycles. The maximum Gasteiger partial charge on any atom is 0.255 e. The van der Waals surface area contributed by atoms with E-state index in [1.807, 2.05) is 50.2 Å². The van der Waals surface area contributed by atoms with E-state index >= 15 is 0 Å². The zero-order chi connectivity index (χ0) is 18.2. The summed E-state index contributed by atoms with van der Waals surface area (Å²) in [6.45, 7) is 8.21. The van der Waals surface area contributed by atoms with Gasteiger partial charge < -0.3 is 14.8 Å². The minimum Gasteiger partial charge on any atom is -0.491 e. The summed E-state index contributed by atoms with van der Waals surface area (Å²) in [7, 11) is 0. The highest BCUT2D eigenvalue weighted by atomic mass is 16.5. The molecule has 0 spiro atoms. The Kier molecular flexibility index (Phi) is 6.87. The van der Waals surface area contributed by atoms with Gasteiger partial charge in [-0.05, 0) is 75.2 Å². The third kappa shape index (κ3) is 5.82. The number of benzene rings is 2. The molecule has 2 atom stereocenters. The summed E-state index contributed by atoms with van der Waals surface area (Å²) in [5.41, 5.74) is 1.33. The summed E-state index contributed by atoms with van der Waals surface area (Å²) in [4.78, 5) is 12.3. The van der Waals surface area contributed by atoms with Crippen molar-refractivity contribution in [1.29, 1.82) is 0 Å². The number of anilines is 1. The second-order valence-electron chi connectivity index (χ2n) is 6.18. The zero-order valence-corrected chi connectivity index (χ0v) is 15.4.